The van der Waals surface area contributed by atoms with Crippen molar-refractivity contribution in [2.75, 3.05) is 43.9 Å². The highest BCUT2D eigenvalue weighted by Crippen LogP contribution is 2.28. The lowest BCUT2D eigenvalue weighted by atomic mass is 10.1. The number of sulfone groups is 1. The molecule has 1 aromatic rings. The van der Waals surface area contributed by atoms with Gasteiger partial charge < -0.3 is 9.80 Å². The van der Waals surface area contributed by atoms with Crippen molar-refractivity contribution in [3.63, 3.8) is 0 Å². The largest absolute Gasteiger partial charge is 0.369 e. The maximum absolute atomic E-state index is 12.1. The Morgan fingerprint density at radius 2 is 1.91 bits per heavy atom. The molecule has 6 heteroatoms. The summed E-state index contributed by atoms with van der Waals surface area (Å²) in [4.78, 5) is 16.4. The third-order valence-corrected chi connectivity index (χ3v) is 5.29. The predicted molar refractivity (Wildman–Crippen MR) is 88.5 cm³/mol. The number of carbonyl (C=O) groups excluding carboxylic acids is 1. The molecule has 1 aliphatic heterocycles. The Hall–Kier alpha value is -1.40. The molecular weight excluding hydrogens is 300 g/mol. The van der Waals surface area contributed by atoms with Gasteiger partial charge in [0.1, 0.15) is 0 Å². The summed E-state index contributed by atoms with van der Waals surface area (Å²) < 4.78 is 24.1. The molecule has 2 rings (SSSR count). The number of carbonyl (C=O) groups is 1. The third kappa shape index (κ3) is 3.87. The Balaban J connectivity index is 2.42. The zero-order chi connectivity index (χ0) is 16.3. The molecule has 1 aromatic carbocycles. The summed E-state index contributed by atoms with van der Waals surface area (Å²) in [6.45, 7) is 8.14. The van der Waals surface area contributed by atoms with Crippen molar-refractivity contribution in [2.24, 2.45) is 0 Å². The van der Waals surface area contributed by atoms with Gasteiger partial charge in [-0.15, -0.1) is 0 Å². The van der Waals surface area contributed by atoms with Gasteiger partial charge in [-0.3, -0.25) is 4.79 Å². The third-order valence-electron chi connectivity index (χ3n) is 4.14. The van der Waals surface area contributed by atoms with E-state index in [-0.39, 0.29) is 5.78 Å². The highest BCUT2D eigenvalue weighted by molar-refractivity contribution is 7.90. The number of rotatable bonds is 4. The van der Waals surface area contributed by atoms with Crippen LogP contribution in [0.4, 0.5) is 5.69 Å². The Morgan fingerprint density at radius 3 is 2.50 bits per heavy atom. The first-order valence-corrected chi connectivity index (χ1v) is 9.54. The minimum absolute atomic E-state index is 0.0497. The Bertz CT molecular complexity index is 655. The van der Waals surface area contributed by atoms with Crippen LogP contribution in [0.2, 0.25) is 0 Å². The van der Waals surface area contributed by atoms with E-state index in [1.165, 1.54) is 13.2 Å². The molecule has 1 aliphatic rings. The summed E-state index contributed by atoms with van der Waals surface area (Å²) in [5.41, 5.74) is 1.21. The molecule has 0 unspecified atom stereocenters. The van der Waals surface area contributed by atoms with Crippen molar-refractivity contribution in [1.29, 1.82) is 0 Å². The fraction of sp³-hybridized carbons (Fsp3) is 0.562. The minimum Gasteiger partial charge on any atom is -0.369 e. The first-order chi connectivity index (χ1) is 10.3. The summed E-state index contributed by atoms with van der Waals surface area (Å²) in [5.74, 6) is -0.0497. The van der Waals surface area contributed by atoms with Gasteiger partial charge in [0.25, 0.3) is 0 Å². The Morgan fingerprint density at radius 1 is 1.18 bits per heavy atom. The van der Waals surface area contributed by atoms with Crippen LogP contribution in [0.3, 0.4) is 0 Å². The quantitative estimate of drug-likeness (QED) is 0.791. The number of hydrogen-bond acceptors (Lipinski definition) is 5. The van der Waals surface area contributed by atoms with Crippen LogP contribution in [-0.2, 0) is 9.84 Å². The lowest BCUT2D eigenvalue weighted by Gasteiger charge is -2.25. The van der Waals surface area contributed by atoms with Gasteiger partial charge in [-0.25, -0.2) is 8.42 Å². The average Bonchev–Trinajstić information content (AvgIpc) is 2.70. The van der Waals surface area contributed by atoms with Crippen molar-refractivity contribution < 1.29 is 13.2 Å². The number of hydrogen-bond donors (Lipinski definition) is 0. The van der Waals surface area contributed by atoms with E-state index in [4.69, 9.17) is 0 Å². The van der Waals surface area contributed by atoms with Crippen LogP contribution in [0.5, 0.6) is 0 Å². The SMILES string of the molecule is CCN1CCCN(c2cc(C(C)=O)ccc2S(C)(=O)=O)CC1. The summed E-state index contributed by atoms with van der Waals surface area (Å²) in [6.07, 6.45) is 2.21. The molecule has 1 saturated heterocycles. The second-order valence-corrected chi connectivity index (χ2v) is 7.77. The van der Waals surface area contributed by atoms with Crippen molar-refractivity contribution in [2.45, 2.75) is 25.2 Å². The molecule has 0 bridgehead atoms. The predicted octanol–water partition coefficient (Wildman–Crippen LogP) is 1.82. The number of Topliss-reactive ketones (excluding diaryl/α,β-unsaturated/α-hetero) is 1. The highest BCUT2D eigenvalue weighted by atomic mass is 32.2. The van der Waals surface area contributed by atoms with E-state index in [1.807, 2.05) is 0 Å². The van der Waals surface area contributed by atoms with Crippen LogP contribution in [0, 0.1) is 0 Å². The lowest BCUT2D eigenvalue weighted by Crippen LogP contribution is -2.31. The van der Waals surface area contributed by atoms with Crippen LogP contribution < -0.4 is 4.90 Å². The second-order valence-electron chi connectivity index (χ2n) is 5.79. The van der Waals surface area contributed by atoms with E-state index < -0.39 is 9.84 Å². The molecule has 122 valence electrons. The van der Waals surface area contributed by atoms with E-state index in [0.717, 1.165) is 39.1 Å². The number of nitrogens with zero attached hydrogens (tertiary/aromatic N) is 2. The number of benzene rings is 1. The molecule has 0 amide bonds. The molecule has 0 atom stereocenters. The molecule has 0 saturated carbocycles. The van der Waals surface area contributed by atoms with Gasteiger partial charge in [0.15, 0.2) is 15.6 Å². The van der Waals surface area contributed by atoms with Gasteiger partial charge in [-0.2, -0.15) is 0 Å². The molecule has 5 nitrogen and oxygen atoms in total. The summed E-state index contributed by atoms with van der Waals surface area (Å²) in [7, 11) is -3.32. The van der Waals surface area contributed by atoms with Crippen molar-refractivity contribution in [3.05, 3.63) is 23.8 Å². The zero-order valence-corrected chi connectivity index (χ0v) is 14.3. The van der Waals surface area contributed by atoms with Crippen molar-refractivity contribution >= 4 is 21.3 Å². The smallest absolute Gasteiger partial charge is 0.177 e. The number of anilines is 1. The van der Waals surface area contributed by atoms with E-state index in [1.54, 1.807) is 18.2 Å². The Kier molecular flexibility index (Phi) is 5.24. The zero-order valence-electron chi connectivity index (χ0n) is 13.5. The number of likely N-dealkylation sites (N-methyl/N-ethyl adjacent to an activating group) is 1. The van der Waals surface area contributed by atoms with Crippen LogP contribution in [0.25, 0.3) is 0 Å². The van der Waals surface area contributed by atoms with Gasteiger partial charge in [0, 0.05) is 31.5 Å². The minimum atomic E-state index is -3.32. The normalized spacial score (nSPS) is 17.3. The van der Waals surface area contributed by atoms with E-state index in [0.29, 0.717) is 16.1 Å². The first-order valence-electron chi connectivity index (χ1n) is 7.65. The van der Waals surface area contributed by atoms with E-state index in [9.17, 15) is 13.2 Å². The molecule has 1 heterocycles. The van der Waals surface area contributed by atoms with Gasteiger partial charge in [0.2, 0.25) is 0 Å². The molecule has 22 heavy (non-hydrogen) atoms. The molecule has 0 spiro atoms. The van der Waals surface area contributed by atoms with Crippen LogP contribution >= 0.6 is 0 Å². The summed E-state index contributed by atoms with van der Waals surface area (Å²) >= 11 is 0. The summed E-state index contributed by atoms with van der Waals surface area (Å²) in [5, 5.41) is 0. The van der Waals surface area contributed by atoms with Crippen LogP contribution in [0.15, 0.2) is 23.1 Å². The second kappa shape index (κ2) is 6.79. The van der Waals surface area contributed by atoms with Gasteiger partial charge >= 0.3 is 0 Å². The van der Waals surface area contributed by atoms with Gasteiger partial charge in [-0.1, -0.05) is 6.92 Å². The lowest BCUT2D eigenvalue weighted by molar-refractivity contribution is 0.101. The maximum atomic E-state index is 12.1. The number of ketones is 1. The van der Waals surface area contributed by atoms with E-state index >= 15 is 0 Å². The van der Waals surface area contributed by atoms with Gasteiger partial charge in [-0.05, 0) is 44.6 Å². The average molecular weight is 324 g/mol. The summed E-state index contributed by atoms with van der Waals surface area (Å²) in [6, 6.07) is 4.88. The van der Waals surface area contributed by atoms with Crippen molar-refractivity contribution in [3.8, 4) is 0 Å². The fourth-order valence-corrected chi connectivity index (χ4v) is 3.71. The topological polar surface area (TPSA) is 57.7 Å². The Labute approximate surface area is 132 Å². The standard InChI is InChI=1S/C16H24N2O3S/c1-4-17-8-5-9-18(11-10-17)15-12-14(13(2)19)6-7-16(15)22(3,20)21/h6-7,12H,4-5,8-11H2,1-3H3. The molecule has 0 aromatic heterocycles. The molecule has 0 aliphatic carbocycles. The molecule has 0 radical (unpaired) electrons. The van der Waals surface area contributed by atoms with Crippen LogP contribution in [0.1, 0.15) is 30.6 Å². The maximum Gasteiger partial charge on any atom is 0.177 e. The molecule has 1 fully saturated rings. The first kappa shape index (κ1) is 17.0. The highest BCUT2D eigenvalue weighted by Gasteiger charge is 2.21. The molecular formula is C16H24N2O3S. The van der Waals surface area contributed by atoms with Crippen LogP contribution in [-0.4, -0.2) is 58.1 Å². The fourth-order valence-electron chi connectivity index (χ4n) is 2.83. The molecule has 0 N–H and O–H groups in total. The monoisotopic (exact) mass is 324 g/mol. The van der Waals surface area contributed by atoms with Gasteiger partial charge in [0.05, 0.1) is 10.6 Å². The van der Waals surface area contributed by atoms with Crippen molar-refractivity contribution in [1.82, 2.24) is 4.90 Å². The van der Waals surface area contributed by atoms with E-state index in [2.05, 4.69) is 16.7 Å².